The maximum absolute atomic E-state index is 13.4. The number of benzene rings is 1. The molecule has 2 aliphatic heterocycles. The van der Waals surface area contributed by atoms with Crippen molar-refractivity contribution < 1.29 is 9.53 Å². The van der Waals surface area contributed by atoms with Crippen LogP contribution in [0.3, 0.4) is 0 Å². The summed E-state index contributed by atoms with van der Waals surface area (Å²) in [4.78, 5) is 15.3. The van der Waals surface area contributed by atoms with Gasteiger partial charge in [0, 0.05) is 5.56 Å². The summed E-state index contributed by atoms with van der Waals surface area (Å²) in [5.74, 6) is 0.724. The smallest absolute Gasteiger partial charge is 0.233 e. The molecule has 3 atom stereocenters. The quantitative estimate of drug-likeness (QED) is 0.639. The molecular weight excluding hydrogens is 422 g/mol. The van der Waals surface area contributed by atoms with E-state index in [9.17, 15) is 4.79 Å². The first-order valence-corrected chi connectivity index (χ1v) is 9.91. The average Bonchev–Trinajstić information content (AvgIpc) is 2.98. The Morgan fingerprint density at radius 3 is 2.57 bits per heavy atom. The molecule has 1 aromatic carbocycles. The fourth-order valence-corrected chi connectivity index (χ4v) is 5.78. The zero-order chi connectivity index (χ0) is 16.2. The van der Waals surface area contributed by atoms with Gasteiger partial charge in [-0.15, -0.1) is 0 Å². The van der Waals surface area contributed by atoms with Crippen LogP contribution in [0, 0.1) is 11.3 Å². The highest BCUT2D eigenvalue weighted by Crippen LogP contribution is 2.61. The van der Waals surface area contributed by atoms with Crippen LogP contribution in [0.5, 0.6) is 0 Å². The van der Waals surface area contributed by atoms with Crippen LogP contribution in [-0.2, 0) is 9.53 Å². The molecule has 1 aromatic rings. The molecular formula is C18H21Br2NO2. The minimum Gasteiger partial charge on any atom is -0.352 e. The molecule has 0 bridgehead atoms. The average molecular weight is 443 g/mol. The molecule has 124 valence electrons. The molecule has 1 saturated carbocycles. The van der Waals surface area contributed by atoms with Crippen LogP contribution in [0.2, 0.25) is 0 Å². The summed E-state index contributed by atoms with van der Waals surface area (Å²) in [5.41, 5.74) is 0.630. The van der Waals surface area contributed by atoms with Crippen LogP contribution in [0.25, 0.3) is 0 Å². The Hall–Kier alpha value is -0.390. The molecule has 0 aromatic heterocycles. The Labute approximate surface area is 154 Å². The summed E-state index contributed by atoms with van der Waals surface area (Å²) in [6, 6.07) is 10.2. The van der Waals surface area contributed by atoms with Crippen molar-refractivity contribution in [2.75, 3.05) is 6.61 Å². The van der Waals surface area contributed by atoms with Gasteiger partial charge >= 0.3 is 0 Å². The number of hydrogen-bond acceptors (Lipinski definition) is 2. The number of halogens is 2. The van der Waals surface area contributed by atoms with Crippen molar-refractivity contribution in [3.8, 4) is 0 Å². The minimum absolute atomic E-state index is 0.173. The van der Waals surface area contributed by atoms with Crippen LogP contribution < -0.4 is 0 Å². The highest BCUT2D eigenvalue weighted by Gasteiger charge is 2.64. The van der Waals surface area contributed by atoms with Crippen LogP contribution in [0.4, 0.5) is 0 Å². The Morgan fingerprint density at radius 2 is 1.96 bits per heavy atom. The fourth-order valence-electron chi connectivity index (χ4n) is 4.20. The summed E-state index contributed by atoms with van der Waals surface area (Å²) in [5, 5.41) is 0. The number of ether oxygens (including phenoxy) is 1. The van der Waals surface area contributed by atoms with Crippen molar-refractivity contribution in [2.24, 2.45) is 11.3 Å². The number of carbonyl (C=O) groups excluding carboxylic acids is 1. The lowest BCUT2D eigenvalue weighted by molar-refractivity contribution is -0.142. The van der Waals surface area contributed by atoms with Gasteiger partial charge in [0.25, 0.3) is 0 Å². The van der Waals surface area contributed by atoms with Gasteiger partial charge in [0.15, 0.2) is 6.23 Å². The molecule has 0 N–H and O–H groups in total. The molecule has 0 radical (unpaired) electrons. The second-order valence-electron chi connectivity index (χ2n) is 7.25. The molecule has 2 saturated heterocycles. The van der Waals surface area contributed by atoms with E-state index in [1.807, 2.05) is 35.2 Å². The summed E-state index contributed by atoms with van der Waals surface area (Å²) in [6.07, 6.45) is 4.22. The molecule has 4 rings (SSSR count). The second kappa shape index (κ2) is 5.57. The Balaban J connectivity index is 1.64. The molecule has 2 heterocycles. The van der Waals surface area contributed by atoms with E-state index in [-0.39, 0.29) is 21.4 Å². The first kappa shape index (κ1) is 16.1. The number of amides is 1. The molecule has 1 aliphatic carbocycles. The van der Waals surface area contributed by atoms with Crippen LogP contribution in [-0.4, -0.2) is 26.7 Å². The number of rotatable bonds is 3. The number of hydrogen-bond donors (Lipinski definition) is 0. The Bertz CT molecular complexity index is 617. The van der Waals surface area contributed by atoms with Crippen molar-refractivity contribution >= 4 is 37.8 Å². The topological polar surface area (TPSA) is 29.5 Å². The highest BCUT2D eigenvalue weighted by molar-refractivity contribution is 9.25. The normalized spacial score (nSPS) is 34.6. The largest absolute Gasteiger partial charge is 0.352 e. The summed E-state index contributed by atoms with van der Waals surface area (Å²) in [7, 11) is 0. The van der Waals surface area contributed by atoms with E-state index in [0.29, 0.717) is 12.5 Å². The molecule has 1 unspecified atom stereocenters. The van der Waals surface area contributed by atoms with Crippen molar-refractivity contribution in [1.82, 2.24) is 4.90 Å². The van der Waals surface area contributed by atoms with Gasteiger partial charge in [0.05, 0.1) is 21.3 Å². The van der Waals surface area contributed by atoms with Crippen molar-refractivity contribution in [3.05, 3.63) is 35.9 Å². The third-order valence-corrected chi connectivity index (χ3v) is 8.93. The lowest BCUT2D eigenvalue weighted by Gasteiger charge is -2.46. The first-order chi connectivity index (χ1) is 10.9. The van der Waals surface area contributed by atoms with Crippen molar-refractivity contribution in [3.63, 3.8) is 0 Å². The van der Waals surface area contributed by atoms with Gasteiger partial charge in [-0.05, 0) is 32.1 Å². The lowest BCUT2D eigenvalue weighted by Crippen LogP contribution is -2.49. The van der Waals surface area contributed by atoms with E-state index in [1.165, 1.54) is 19.3 Å². The number of nitrogens with zero attached hydrogens (tertiary/aromatic N) is 1. The maximum atomic E-state index is 13.4. The predicted molar refractivity (Wildman–Crippen MR) is 96.4 cm³/mol. The third kappa shape index (κ3) is 2.26. The number of alkyl halides is 2. The van der Waals surface area contributed by atoms with E-state index in [0.717, 1.165) is 12.0 Å². The van der Waals surface area contributed by atoms with Gasteiger partial charge < -0.3 is 9.64 Å². The van der Waals surface area contributed by atoms with Crippen LogP contribution in [0.1, 0.15) is 44.4 Å². The zero-order valence-corrected chi connectivity index (χ0v) is 16.3. The van der Waals surface area contributed by atoms with E-state index in [4.69, 9.17) is 4.74 Å². The van der Waals surface area contributed by atoms with E-state index < -0.39 is 5.41 Å². The summed E-state index contributed by atoms with van der Waals surface area (Å²) >= 11 is 7.79. The Morgan fingerprint density at radius 1 is 1.26 bits per heavy atom. The molecule has 3 nitrogen and oxygen atoms in total. The SMILES string of the molecule is C[C@@]1(C(Br)(Br)C2CCC2)CC2CO[C@H](c3ccccc3)N2C1=O. The number of carbonyl (C=O) groups is 1. The molecule has 5 heteroatoms. The van der Waals surface area contributed by atoms with E-state index in [1.54, 1.807) is 0 Å². The third-order valence-electron chi connectivity index (χ3n) is 5.88. The second-order valence-corrected chi connectivity index (χ2v) is 10.8. The molecule has 3 fully saturated rings. The summed E-state index contributed by atoms with van der Waals surface area (Å²) in [6.45, 7) is 2.74. The highest BCUT2D eigenvalue weighted by atomic mass is 79.9. The summed E-state index contributed by atoms with van der Waals surface area (Å²) < 4.78 is 5.65. The zero-order valence-electron chi connectivity index (χ0n) is 13.2. The van der Waals surface area contributed by atoms with Crippen LogP contribution in [0.15, 0.2) is 30.3 Å². The van der Waals surface area contributed by atoms with E-state index >= 15 is 0 Å². The molecule has 23 heavy (non-hydrogen) atoms. The van der Waals surface area contributed by atoms with Crippen molar-refractivity contribution in [1.29, 1.82) is 0 Å². The van der Waals surface area contributed by atoms with Gasteiger partial charge in [0.1, 0.15) is 0 Å². The monoisotopic (exact) mass is 441 g/mol. The predicted octanol–water partition coefficient (Wildman–Crippen LogP) is 4.61. The maximum Gasteiger partial charge on any atom is 0.233 e. The standard InChI is InChI=1S/C18H21Br2NO2/c1-17(18(19,20)13-8-5-9-13)10-14-11-23-15(21(14)16(17)22)12-6-3-2-4-7-12/h2-4,6-7,13-15H,5,8-11H2,1H3/t14?,15-,17-/m1/s1. The lowest BCUT2D eigenvalue weighted by atomic mass is 9.71. The van der Waals surface area contributed by atoms with Gasteiger partial charge in [0.2, 0.25) is 5.91 Å². The number of fused-ring (bicyclic) bond motifs is 1. The molecule has 1 amide bonds. The van der Waals surface area contributed by atoms with Crippen molar-refractivity contribution in [2.45, 2.75) is 48.1 Å². The van der Waals surface area contributed by atoms with Gasteiger partial charge in [-0.1, -0.05) is 68.6 Å². The Kier molecular flexibility index (Phi) is 3.90. The van der Waals surface area contributed by atoms with Gasteiger partial charge in [-0.25, -0.2) is 0 Å². The molecule has 0 spiro atoms. The first-order valence-electron chi connectivity index (χ1n) is 8.32. The van der Waals surface area contributed by atoms with E-state index in [2.05, 4.69) is 38.8 Å². The molecule has 3 aliphatic rings. The minimum atomic E-state index is -0.431. The van der Waals surface area contributed by atoms with Gasteiger partial charge in [-0.3, -0.25) is 4.79 Å². The van der Waals surface area contributed by atoms with Crippen LogP contribution >= 0.6 is 31.9 Å². The van der Waals surface area contributed by atoms with Gasteiger partial charge in [-0.2, -0.15) is 0 Å². The fraction of sp³-hybridized carbons (Fsp3) is 0.611.